The quantitative estimate of drug-likeness (QED) is 0.808. The number of imide groups is 1. The summed E-state index contributed by atoms with van der Waals surface area (Å²) in [6.45, 7) is -0.190. The second-order valence-electron chi connectivity index (χ2n) is 6.69. The van der Waals surface area contributed by atoms with Crippen molar-refractivity contribution in [1.29, 1.82) is 0 Å². The van der Waals surface area contributed by atoms with E-state index in [4.69, 9.17) is 0 Å². The number of aryl methyl sites for hydroxylation is 1. The van der Waals surface area contributed by atoms with Gasteiger partial charge < -0.3 is 10.6 Å². The topological polar surface area (TPSA) is 78.5 Å². The van der Waals surface area contributed by atoms with Gasteiger partial charge in [-0.1, -0.05) is 24.3 Å². The first-order valence-corrected chi connectivity index (χ1v) is 8.08. The van der Waals surface area contributed by atoms with Crippen LogP contribution in [0.4, 0.5) is 4.79 Å². The Balaban J connectivity index is 1.52. The number of fused-ring (bicyclic) bond motifs is 1. The largest absolute Gasteiger partial charge is 0.352 e. The van der Waals surface area contributed by atoms with Crippen LogP contribution in [0.25, 0.3) is 0 Å². The van der Waals surface area contributed by atoms with Gasteiger partial charge >= 0.3 is 6.03 Å². The number of carbonyl (C=O) groups is 3. The fraction of sp³-hybridized carbons (Fsp3) is 0.471. The SMILES string of the molecule is O=C(CN1C(=O)NC2(CCc3ccccc3C2)C1=O)NC1CC1. The molecule has 1 aromatic rings. The van der Waals surface area contributed by atoms with E-state index in [0.717, 1.165) is 29.7 Å². The summed E-state index contributed by atoms with van der Waals surface area (Å²) in [6.07, 6.45) is 3.79. The number of nitrogens with zero attached hydrogens (tertiary/aromatic N) is 1. The molecule has 4 rings (SSSR count). The summed E-state index contributed by atoms with van der Waals surface area (Å²) in [5.41, 5.74) is 1.44. The van der Waals surface area contributed by atoms with Gasteiger partial charge in [0.15, 0.2) is 0 Å². The molecule has 0 radical (unpaired) electrons. The predicted molar refractivity (Wildman–Crippen MR) is 82.6 cm³/mol. The van der Waals surface area contributed by atoms with Gasteiger partial charge in [0.05, 0.1) is 0 Å². The Kier molecular flexibility index (Phi) is 3.14. The van der Waals surface area contributed by atoms with E-state index in [1.807, 2.05) is 18.2 Å². The average molecular weight is 313 g/mol. The van der Waals surface area contributed by atoms with Gasteiger partial charge in [-0.25, -0.2) is 4.79 Å². The van der Waals surface area contributed by atoms with Crippen molar-refractivity contribution in [2.45, 2.75) is 43.7 Å². The Bertz CT molecular complexity index is 698. The van der Waals surface area contributed by atoms with Crippen molar-refractivity contribution in [2.75, 3.05) is 6.54 Å². The zero-order valence-electron chi connectivity index (χ0n) is 12.8. The van der Waals surface area contributed by atoms with Gasteiger partial charge in [-0.15, -0.1) is 0 Å². The zero-order valence-corrected chi connectivity index (χ0v) is 12.8. The van der Waals surface area contributed by atoms with Crippen LogP contribution in [0, 0.1) is 0 Å². The number of hydrogen-bond acceptors (Lipinski definition) is 3. The molecule has 120 valence electrons. The van der Waals surface area contributed by atoms with Gasteiger partial charge in [-0.05, 0) is 36.8 Å². The second-order valence-corrected chi connectivity index (χ2v) is 6.69. The van der Waals surface area contributed by atoms with Crippen LogP contribution in [0.5, 0.6) is 0 Å². The Morgan fingerprint density at radius 2 is 2.00 bits per heavy atom. The van der Waals surface area contributed by atoms with E-state index in [0.29, 0.717) is 12.8 Å². The predicted octanol–water partition coefficient (Wildman–Crippen LogP) is 0.744. The summed E-state index contributed by atoms with van der Waals surface area (Å²) in [6, 6.07) is 7.75. The molecule has 1 heterocycles. The summed E-state index contributed by atoms with van der Waals surface area (Å²) < 4.78 is 0. The van der Waals surface area contributed by atoms with Crippen LogP contribution in [0.2, 0.25) is 0 Å². The lowest BCUT2D eigenvalue weighted by atomic mass is 9.78. The highest BCUT2D eigenvalue weighted by atomic mass is 16.2. The van der Waals surface area contributed by atoms with Gasteiger partial charge in [-0.2, -0.15) is 0 Å². The molecule has 2 fully saturated rings. The Labute approximate surface area is 134 Å². The lowest BCUT2D eigenvalue weighted by molar-refractivity contribution is -0.135. The first-order chi connectivity index (χ1) is 11.1. The number of rotatable bonds is 3. The average Bonchev–Trinajstić information content (AvgIpc) is 3.32. The summed E-state index contributed by atoms with van der Waals surface area (Å²) in [7, 11) is 0. The van der Waals surface area contributed by atoms with Gasteiger partial charge in [0.2, 0.25) is 5.91 Å². The summed E-state index contributed by atoms with van der Waals surface area (Å²) in [4.78, 5) is 38.0. The molecule has 1 atom stereocenters. The van der Waals surface area contributed by atoms with Crippen molar-refractivity contribution >= 4 is 17.8 Å². The fourth-order valence-corrected chi connectivity index (χ4v) is 3.49. The van der Waals surface area contributed by atoms with Crippen molar-refractivity contribution in [3.05, 3.63) is 35.4 Å². The highest BCUT2D eigenvalue weighted by molar-refractivity contribution is 6.09. The maximum absolute atomic E-state index is 12.8. The molecule has 6 heteroatoms. The fourth-order valence-electron chi connectivity index (χ4n) is 3.49. The number of urea groups is 1. The van der Waals surface area contributed by atoms with E-state index < -0.39 is 11.6 Å². The first kappa shape index (κ1) is 14.2. The summed E-state index contributed by atoms with van der Waals surface area (Å²) in [5.74, 6) is -0.535. The van der Waals surface area contributed by atoms with Crippen LogP contribution in [-0.2, 0) is 22.4 Å². The van der Waals surface area contributed by atoms with Gasteiger partial charge in [0.1, 0.15) is 12.1 Å². The molecule has 6 nitrogen and oxygen atoms in total. The highest BCUT2D eigenvalue weighted by Gasteiger charge is 2.52. The maximum atomic E-state index is 12.8. The molecule has 23 heavy (non-hydrogen) atoms. The minimum atomic E-state index is -0.884. The summed E-state index contributed by atoms with van der Waals surface area (Å²) in [5, 5.41) is 5.66. The minimum absolute atomic E-state index is 0.190. The van der Waals surface area contributed by atoms with Crippen LogP contribution >= 0.6 is 0 Å². The van der Waals surface area contributed by atoms with Gasteiger partial charge in [0.25, 0.3) is 5.91 Å². The normalized spacial score (nSPS) is 26.2. The van der Waals surface area contributed by atoms with E-state index in [1.165, 1.54) is 5.56 Å². The monoisotopic (exact) mass is 313 g/mol. The molecule has 0 aromatic heterocycles. The Morgan fingerprint density at radius 3 is 2.74 bits per heavy atom. The number of hydrogen-bond donors (Lipinski definition) is 2. The van der Waals surface area contributed by atoms with Crippen LogP contribution in [-0.4, -0.2) is 40.9 Å². The minimum Gasteiger partial charge on any atom is -0.352 e. The van der Waals surface area contributed by atoms with Crippen molar-refractivity contribution in [3.8, 4) is 0 Å². The lowest BCUT2D eigenvalue weighted by Gasteiger charge is -2.32. The molecule has 1 aromatic carbocycles. The third-order valence-corrected chi connectivity index (χ3v) is 4.92. The van der Waals surface area contributed by atoms with E-state index in [1.54, 1.807) is 0 Å². The molecule has 1 unspecified atom stereocenters. The molecular formula is C17H19N3O3. The molecule has 3 aliphatic rings. The van der Waals surface area contributed by atoms with E-state index in [9.17, 15) is 14.4 Å². The molecule has 1 saturated carbocycles. The van der Waals surface area contributed by atoms with Gasteiger partial charge in [0, 0.05) is 12.5 Å². The number of benzene rings is 1. The molecule has 4 amide bonds. The lowest BCUT2D eigenvalue weighted by Crippen LogP contribution is -2.51. The van der Waals surface area contributed by atoms with Crippen LogP contribution in [0.3, 0.4) is 0 Å². The third kappa shape index (κ3) is 2.48. The van der Waals surface area contributed by atoms with Gasteiger partial charge in [-0.3, -0.25) is 14.5 Å². The zero-order chi connectivity index (χ0) is 16.0. The molecule has 1 spiro atoms. The Hall–Kier alpha value is -2.37. The number of carbonyl (C=O) groups excluding carboxylic acids is 3. The maximum Gasteiger partial charge on any atom is 0.325 e. The number of amides is 4. The molecule has 2 N–H and O–H groups in total. The van der Waals surface area contributed by atoms with Crippen LogP contribution in [0.15, 0.2) is 24.3 Å². The summed E-state index contributed by atoms with van der Waals surface area (Å²) >= 11 is 0. The van der Waals surface area contributed by atoms with Crippen LogP contribution in [0.1, 0.15) is 30.4 Å². The molecule has 0 bridgehead atoms. The van der Waals surface area contributed by atoms with Crippen LogP contribution < -0.4 is 10.6 Å². The Morgan fingerprint density at radius 1 is 1.26 bits per heavy atom. The third-order valence-electron chi connectivity index (χ3n) is 4.92. The second kappa shape index (κ2) is 5.08. The number of nitrogens with one attached hydrogen (secondary N) is 2. The standard InChI is InChI=1S/C17H19N3O3/c21-14(18-13-5-6-13)10-20-15(22)17(19-16(20)23)8-7-11-3-1-2-4-12(11)9-17/h1-4,13H,5-10H2,(H,18,21)(H,19,23). The van der Waals surface area contributed by atoms with Crippen molar-refractivity contribution in [2.24, 2.45) is 0 Å². The van der Waals surface area contributed by atoms with E-state index >= 15 is 0 Å². The van der Waals surface area contributed by atoms with Crippen molar-refractivity contribution in [1.82, 2.24) is 15.5 Å². The molecule has 2 aliphatic carbocycles. The molecule has 1 saturated heterocycles. The van der Waals surface area contributed by atoms with E-state index in [-0.39, 0.29) is 24.4 Å². The first-order valence-electron chi connectivity index (χ1n) is 8.08. The van der Waals surface area contributed by atoms with Crippen molar-refractivity contribution < 1.29 is 14.4 Å². The van der Waals surface area contributed by atoms with Crippen molar-refractivity contribution in [3.63, 3.8) is 0 Å². The highest BCUT2D eigenvalue weighted by Crippen LogP contribution is 2.33. The molecule has 1 aliphatic heterocycles. The molecular weight excluding hydrogens is 294 g/mol. The van der Waals surface area contributed by atoms with E-state index in [2.05, 4.69) is 16.7 Å². The smallest absolute Gasteiger partial charge is 0.325 e.